The average Bonchev–Trinajstić information content (AvgIpc) is 1.93. The molecule has 0 fully saturated rings. The predicted molar refractivity (Wildman–Crippen MR) is 40.7 cm³/mol. The van der Waals surface area contributed by atoms with Crippen molar-refractivity contribution in [2.24, 2.45) is 7.05 Å². The first kappa shape index (κ1) is 7.01. The smallest absolute Gasteiger partial charge is 0.272 e. The first-order chi connectivity index (χ1) is 4.63. The molecule has 0 aliphatic rings. The minimum atomic E-state index is -0.289. The molecule has 1 rings (SSSR count). The van der Waals surface area contributed by atoms with Gasteiger partial charge in [-0.05, 0) is 12.2 Å². The molecule has 54 valence electrons. The van der Waals surface area contributed by atoms with Gasteiger partial charge in [-0.15, -0.1) is 0 Å². The molecule has 1 aromatic heterocycles. The van der Waals surface area contributed by atoms with Gasteiger partial charge in [-0.2, -0.15) is 4.68 Å². The maximum absolute atomic E-state index is 10.8. The van der Waals surface area contributed by atoms with Crippen molar-refractivity contribution in [2.45, 2.75) is 0 Å². The highest BCUT2D eigenvalue weighted by Gasteiger charge is 1.91. The zero-order valence-corrected chi connectivity index (χ0v) is 6.26. The van der Waals surface area contributed by atoms with Crippen LogP contribution in [-0.4, -0.2) is 9.24 Å². The van der Waals surface area contributed by atoms with E-state index in [9.17, 15) is 4.79 Å². The number of hydrogen-bond acceptors (Lipinski definition) is 3. The van der Waals surface area contributed by atoms with Gasteiger partial charge in [0.15, 0.2) is 0 Å². The van der Waals surface area contributed by atoms with Crippen molar-refractivity contribution < 1.29 is 0 Å². The van der Waals surface area contributed by atoms with Gasteiger partial charge in [-0.1, -0.05) is 0 Å². The molecule has 0 bridgehead atoms. The fourth-order valence-electron chi connectivity index (χ4n) is 0.584. The molecule has 2 N–H and O–H groups in total. The van der Waals surface area contributed by atoms with Crippen LogP contribution in [0.5, 0.6) is 0 Å². The van der Waals surface area contributed by atoms with Gasteiger partial charge in [-0.3, -0.25) is 4.79 Å². The van der Waals surface area contributed by atoms with Crippen LogP contribution in [0.2, 0.25) is 0 Å². The lowest BCUT2D eigenvalue weighted by Crippen LogP contribution is -2.29. The Morgan fingerprint density at radius 3 is 2.80 bits per heavy atom. The second-order valence-electron chi connectivity index (χ2n) is 1.92. The SMILES string of the molecule is Cn1ccc(=O)n(N)c1=S. The van der Waals surface area contributed by atoms with Crippen LogP contribution in [0, 0.1) is 4.77 Å². The zero-order valence-electron chi connectivity index (χ0n) is 5.44. The Kier molecular flexibility index (Phi) is 1.58. The van der Waals surface area contributed by atoms with E-state index in [4.69, 9.17) is 18.1 Å². The summed E-state index contributed by atoms with van der Waals surface area (Å²) in [5.74, 6) is 5.26. The molecule has 0 spiro atoms. The van der Waals surface area contributed by atoms with Gasteiger partial charge in [0.25, 0.3) is 5.56 Å². The predicted octanol–water partition coefficient (Wildman–Crippen LogP) is -0.370. The lowest BCUT2D eigenvalue weighted by molar-refractivity contribution is 0.750. The Morgan fingerprint density at radius 1 is 1.70 bits per heavy atom. The van der Waals surface area contributed by atoms with Crippen molar-refractivity contribution in [3.63, 3.8) is 0 Å². The van der Waals surface area contributed by atoms with Gasteiger partial charge in [-0.25, -0.2) is 0 Å². The van der Waals surface area contributed by atoms with Gasteiger partial charge in [0.1, 0.15) is 0 Å². The minimum absolute atomic E-state index is 0.289. The zero-order chi connectivity index (χ0) is 7.72. The fourth-order valence-corrected chi connectivity index (χ4v) is 0.735. The molecule has 0 saturated heterocycles. The monoisotopic (exact) mass is 157 g/mol. The Bertz CT molecular complexity index is 351. The number of rotatable bonds is 0. The van der Waals surface area contributed by atoms with Gasteiger partial charge in [0, 0.05) is 19.3 Å². The van der Waals surface area contributed by atoms with E-state index in [0.29, 0.717) is 4.77 Å². The maximum atomic E-state index is 10.8. The maximum Gasteiger partial charge on any atom is 0.272 e. The van der Waals surface area contributed by atoms with E-state index in [1.165, 1.54) is 6.07 Å². The van der Waals surface area contributed by atoms with Crippen molar-refractivity contribution in [1.29, 1.82) is 0 Å². The number of nitrogens with zero attached hydrogens (tertiary/aromatic N) is 2. The van der Waals surface area contributed by atoms with E-state index in [-0.39, 0.29) is 5.56 Å². The van der Waals surface area contributed by atoms with E-state index in [1.54, 1.807) is 17.8 Å². The summed E-state index contributed by atoms with van der Waals surface area (Å²) >= 11 is 4.78. The van der Waals surface area contributed by atoms with Crippen LogP contribution >= 0.6 is 12.2 Å². The highest BCUT2D eigenvalue weighted by atomic mass is 32.1. The van der Waals surface area contributed by atoms with Gasteiger partial charge < -0.3 is 10.4 Å². The molecule has 0 aromatic carbocycles. The van der Waals surface area contributed by atoms with Gasteiger partial charge in [0.05, 0.1) is 0 Å². The highest BCUT2D eigenvalue weighted by Crippen LogP contribution is 1.80. The fraction of sp³-hybridized carbons (Fsp3) is 0.200. The molecule has 0 atom stereocenters. The average molecular weight is 157 g/mol. The molecule has 10 heavy (non-hydrogen) atoms. The third kappa shape index (κ3) is 0.950. The summed E-state index contributed by atoms with van der Waals surface area (Å²) < 4.78 is 2.83. The van der Waals surface area contributed by atoms with Crippen molar-refractivity contribution >= 4 is 12.2 Å². The molecular formula is C5H7N3OS. The summed E-state index contributed by atoms with van der Waals surface area (Å²) in [7, 11) is 1.73. The second kappa shape index (κ2) is 2.26. The minimum Gasteiger partial charge on any atom is -0.334 e. The number of nitrogens with two attached hydrogens (primary N) is 1. The topological polar surface area (TPSA) is 53.0 Å². The first-order valence-corrected chi connectivity index (χ1v) is 3.07. The third-order valence-corrected chi connectivity index (χ3v) is 1.67. The summed E-state index contributed by atoms with van der Waals surface area (Å²) in [4.78, 5) is 10.8. The van der Waals surface area contributed by atoms with Crippen molar-refractivity contribution in [3.8, 4) is 0 Å². The Balaban J connectivity index is 3.66. The van der Waals surface area contributed by atoms with Crippen LogP contribution in [0.15, 0.2) is 17.1 Å². The number of hydrogen-bond donors (Lipinski definition) is 1. The number of aromatic nitrogens is 2. The van der Waals surface area contributed by atoms with Crippen LogP contribution < -0.4 is 11.4 Å². The number of nitrogen functional groups attached to an aromatic ring is 1. The second-order valence-corrected chi connectivity index (χ2v) is 2.28. The lowest BCUT2D eigenvalue weighted by atomic mass is 10.6. The third-order valence-electron chi connectivity index (χ3n) is 1.19. The van der Waals surface area contributed by atoms with E-state index in [2.05, 4.69) is 0 Å². The largest absolute Gasteiger partial charge is 0.334 e. The molecule has 0 saturated carbocycles. The molecule has 4 nitrogen and oxygen atoms in total. The van der Waals surface area contributed by atoms with Crippen LogP contribution in [-0.2, 0) is 7.05 Å². The molecule has 1 heterocycles. The quantitative estimate of drug-likeness (QED) is 0.413. The Morgan fingerprint density at radius 2 is 2.30 bits per heavy atom. The molecule has 1 aromatic rings. The summed E-state index contributed by atoms with van der Waals surface area (Å²) in [6.07, 6.45) is 1.58. The van der Waals surface area contributed by atoms with E-state index in [1.807, 2.05) is 0 Å². The molecule has 0 aliphatic carbocycles. The van der Waals surface area contributed by atoms with E-state index in [0.717, 1.165) is 4.68 Å². The van der Waals surface area contributed by atoms with Gasteiger partial charge >= 0.3 is 0 Å². The standard InChI is InChI=1S/C5H7N3OS/c1-7-3-2-4(9)8(6)5(7)10/h2-3H,6H2,1H3. The van der Waals surface area contributed by atoms with Crippen LogP contribution in [0.4, 0.5) is 0 Å². The van der Waals surface area contributed by atoms with Gasteiger partial charge in [0.2, 0.25) is 4.77 Å². The van der Waals surface area contributed by atoms with Crippen LogP contribution in [0.3, 0.4) is 0 Å². The summed E-state index contributed by atoms with van der Waals surface area (Å²) in [6.45, 7) is 0. The first-order valence-electron chi connectivity index (χ1n) is 2.66. The molecule has 0 radical (unpaired) electrons. The van der Waals surface area contributed by atoms with Crippen molar-refractivity contribution in [2.75, 3.05) is 5.84 Å². The highest BCUT2D eigenvalue weighted by molar-refractivity contribution is 7.71. The molecular weight excluding hydrogens is 150 g/mol. The summed E-state index contributed by atoms with van der Waals surface area (Å²) in [6, 6.07) is 1.36. The molecule has 0 aliphatic heterocycles. The van der Waals surface area contributed by atoms with Crippen LogP contribution in [0.25, 0.3) is 0 Å². The Hall–Kier alpha value is -1.10. The molecule has 5 heteroatoms. The Labute approximate surface area is 62.5 Å². The van der Waals surface area contributed by atoms with E-state index >= 15 is 0 Å². The normalized spacial score (nSPS) is 9.70. The molecule has 0 unspecified atom stereocenters. The number of aryl methyl sites for hydroxylation is 1. The lowest BCUT2D eigenvalue weighted by Gasteiger charge is -2.00. The van der Waals surface area contributed by atoms with Crippen molar-refractivity contribution in [1.82, 2.24) is 9.24 Å². The summed E-state index contributed by atoms with van der Waals surface area (Å²) in [5, 5.41) is 0. The molecule has 0 amide bonds. The van der Waals surface area contributed by atoms with Crippen molar-refractivity contribution in [3.05, 3.63) is 27.4 Å². The van der Waals surface area contributed by atoms with E-state index < -0.39 is 0 Å². The summed E-state index contributed by atoms with van der Waals surface area (Å²) in [5.41, 5.74) is -0.289. The van der Waals surface area contributed by atoms with Crippen LogP contribution in [0.1, 0.15) is 0 Å².